The molecule has 2 aliphatic heterocycles. The molecule has 118 valence electrons. The van der Waals surface area contributed by atoms with Gasteiger partial charge in [-0.05, 0) is 57.1 Å². The Bertz CT molecular complexity index is 552. The molecule has 3 fully saturated rings. The zero-order valence-corrected chi connectivity index (χ0v) is 13.4. The zero-order chi connectivity index (χ0) is 15.1. The molecule has 1 aromatic carbocycles. The Hall–Kier alpha value is -1.35. The first-order valence-electron chi connectivity index (χ1n) is 8.86. The van der Waals surface area contributed by atoms with E-state index in [1.54, 1.807) is 0 Å². The first-order valence-corrected chi connectivity index (χ1v) is 8.86. The monoisotopic (exact) mass is 298 g/mol. The van der Waals surface area contributed by atoms with Gasteiger partial charge in [-0.15, -0.1) is 0 Å². The minimum atomic E-state index is 0.112. The summed E-state index contributed by atoms with van der Waals surface area (Å²) in [6, 6.07) is 10.5. The lowest BCUT2D eigenvalue weighted by atomic mass is 9.81. The fourth-order valence-electron chi connectivity index (χ4n) is 4.60. The summed E-state index contributed by atoms with van der Waals surface area (Å²) in [5.74, 6) is 0.112. The van der Waals surface area contributed by atoms with Crippen LogP contribution in [0.1, 0.15) is 60.9 Å². The molecule has 1 saturated carbocycles. The van der Waals surface area contributed by atoms with E-state index in [0.717, 1.165) is 30.0 Å². The van der Waals surface area contributed by atoms with Gasteiger partial charge in [-0.3, -0.25) is 9.69 Å². The van der Waals surface area contributed by atoms with E-state index in [-0.39, 0.29) is 5.91 Å². The summed E-state index contributed by atoms with van der Waals surface area (Å²) < 4.78 is 0. The maximum Gasteiger partial charge on any atom is 0.251 e. The van der Waals surface area contributed by atoms with Crippen LogP contribution in [-0.4, -0.2) is 35.0 Å². The number of nitrogens with zero attached hydrogens (tertiary/aromatic N) is 1. The van der Waals surface area contributed by atoms with Crippen molar-refractivity contribution in [3.63, 3.8) is 0 Å². The Morgan fingerprint density at radius 3 is 2.36 bits per heavy atom. The van der Waals surface area contributed by atoms with Gasteiger partial charge >= 0.3 is 0 Å². The fourth-order valence-corrected chi connectivity index (χ4v) is 4.60. The van der Waals surface area contributed by atoms with Crippen molar-refractivity contribution in [3.05, 3.63) is 35.4 Å². The maximum atomic E-state index is 12.6. The Balaban J connectivity index is 1.44. The van der Waals surface area contributed by atoms with Crippen LogP contribution in [0, 0.1) is 6.92 Å². The summed E-state index contributed by atoms with van der Waals surface area (Å²) in [4.78, 5) is 15.4. The quantitative estimate of drug-likeness (QED) is 0.929. The summed E-state index contributed by atoms with van der Waals surface area (Å²) in [5, 5.41) is 3.32. The predicted molar refractivity (Wildman–Crippen MR) is 88.0 cm³/mol. The smallest absolute Gasteiger partial charge is 0.251 e. The van der Waals surface area contributed by atoms with Crippen molar-refractivity contribution in [2.45, 2.75) is 76.0 Å². The molecule has 3 heteroatoms. The van der Waals surface area contributed by atoms with E-state index < -0.39 is 0 Å². The molecule has 2 heterocycles. The van der Waals surface area contributed by atoms with Gasteiger partial charge < -0.3 is 5.32 Å². The molecule has 2 saturated heterocycles. The van der Waals surface area contributed by atoms with Crippen molar-refractivity contribution in [3.8, 4) is 0 Å². The first kappa shape index (κ1) is 14.3. The largest absolute Gasteiger partial charge is 0.349 e. The molecule has 3 aliphatic rings. The molecule has 1 aromatic rings. The Kier molecular flexibility index (Phi) is 3.69. The molecule has 0 spiro atoms. The molecule has 0 radical (unpaired) electrons. The van der Waals surface area contributed by atoms with Crippen LogP contribution in [0.4, 0.5) is 0 Å². The second-order valence-electron chi connectivity index (χ2n) is 7.37. The third kappa shape index (κ3) is 2.67. The average Bonchev–Trinajstić information content (AvgIpc) is 3.31. The van der Waals surface area contributed by atoms with Crippen molar-refractivity contribution in [2.75, 3.05) is 0 Å². The number of amides is 1. The number of hydrogen-bond donors (Lipinski definition) is 1. The second kappa shape index (κ2) is 5.69. The van der Waals surface area contributed by atoms with Crippen LogP contribution in [0.2, 0.25) is 0 Å². The molecule has 1 amide bonds. The van der Waals surface area contributed by atoms with Crippen molar-refractivity contribution in [1.82, 2.24) is 10.2 Å². The maximum absolute atomic E-state index is 12.6. The van der Waals surface area contributed by atoms with Crippen LogP contribution < -0.4 is 5.32 Å². The van der Waals surface area contributed by atoms with Gasteiger partial charge in [0.15, 0.2) is 0 Å². The van der Waals surface area contributed by atoms with Crippen LogP contribution in [0.5, 0.6) is 0 Å². The van der Waals surface area contributed by atoms with E-state index in [1.165, 1.54) is 32.1 Å². The number of hydrogen-bond acceptors (Lipinski definition) is 2. The minimum Gasteiger partial charge on any atom is -0.349 e. The van der Waals surface area contributed by atoms with E-state index in [4.69, 9.17) is 0 Å². The number of nitrogens with one attached hydrogen (secondary N) is 1. The number of rotatable bonds is 3. The molecular formula is C19H26N2O. The summed E-state index contributed by atoms with van der Waals surface area (Å²) in [7, 11) is 0. The number of carbonyl (C=O) groups excluding carboxylic acids is 1. The number of aryl methyl sites for hydroxylation is 1. The van der Waals surface area contributed by atoms with E-state index in [0.29, 0.717) is 18.1 Å². The average molecular weight is 298 g/mol. The molecular weight excluding hydrogens is 272 g/mol. The first-order chi connectivity index (χ1) is 10.7. The highest BCUT2D eigenvalue weighted by atomic mass is 16.1. The van der Waals surface area contributed by atoms with Gasteiger partial charge in [-0.25, -0.2) is 0 Å². The molecule has 3 nitrogen and oxygen atoms in total. The molecule has 3 atom stereocenters. The normalized spacial score (nSPS) is 31.8. The van der Waals surface area contributed by atoms with Crippen molar-refractivity contribution < 1.29 is 4.79 Å². The van der Waals surface area contributed by atoms with E-state index in [2.05, 4.69) is 10.2 Å². The molecule has 2 bridgehead atoms. The Morgan fingerprint density at radius 1 is 1.05 bits per heavy atom. The molecule has 22 heavy (non-hydrogen) atoms. The number of piperidine rings is 2. The Morgan fingerprint density at radius 2 is 1.73 bits per heavy atom. The summed E-state index contributed by atoms with van der Waals surface area (Å²) >= 11 is 0. The summed E-state index contributed by atoms with van der Waals surface area (Å²) in [5.41, 5.74) is 1.90. The van der Waals surface area contributed by atoms with E-state index in [9.17, 15) is 4.79 Å². The highest BCUT2D eigenvalue weighted by molar-refractivity contribution is 5.95. The molecule has 1 N–H and O–H groups in total. The van der Waals surface area contributed by atoms with Crippen molar-refractivity contribution in [1.29, 1.82) is 0 Å². The van der Waals surface area contributed by atoms with E-state index >= 15 is 0 Å². The molecule has 1 aliphatic carbocycles. The van der Waals surface area contributed by atoms with Gasteiger partial charge in [0.25, 0.3) is 5.91 Å². The third-order valence-corrected chi connectivity index (χ3v) is 5.72. The van der Waals surface area contributed by atoms with Crippen LogP contribution in [0.25, 0.3) is 0 Å². The van der Waals surface area contributed by atoms with E-state index in [1.807, 2.05) is 31.2 Å². The highest BCUT2D eigenvalue weighted by Crippen LogP contribution is 2.41. The van der Waals surface area contributed by atoms with Gasteiger partial charge in [0.1, 0.15) is 0 Å². The van der Waals surface area contributed by atoms with Crippen LogP contribution >= 0.6 is 0 Å². The zero-order valence-electron chi connectivity index (χ0n) is 13.4. The predicted octanol–water partition coefficient (Wildman–Crippen LogP) is 3.27. The van der Waals surface area contributed by atoms with Crippen LogP contribution in [-0.2, 0) is 0 Å². The minimum absolute atomic E-state index is 0.112. The van der Waals surface area contributed by atoms with Gasteiger partial charge in [0, 0.05) is 29.7 Å². The van der Waals surface area contributed by atoms with Gasteiger partial charge in [0.05, 0.1) is 0 Å². The lowest BCUT2D eigenvalue weighted by Gasteiger charge is -2.49. The van der Waals surface area contributed by atoms with Crippen molar-refractivity contribution >= 4 is 5.91 Å². The highest BCUT2D eigenvalue weighted by Gasteiger charge is 2.45. The molecule has 0 aromatic heterocycles. The number of benzene rings is 1. The third-order valence-electron chi connectivity index (χ3n) is 5.72. The van der Waals surface area contributed by atoms with Crippen LogP contribution in [0.3, 0.4) is 0 Å². The molecule has 1 unspecified atom stereocenters. The summed E-state index contributed by atoms with van der Waals surface area (Å²) in [6.07, 6.45) is 9.10. The van der Waals surface area contributed by atoms with Crippen LogP contribution in [0.15, 0.2) is 24.3 Å². The molecule has 4 rings (SSSR count). The lowest BCUT2D eigenvalue weighted by molar-refractivity contribution is 0.0175. The second-order valence-corrected chi connectivity index (χ2v) is 7.37. The van der Waals surface area contributed by atoms with Gasteiger partial charge in [-0.1, -0.05) is 24.6 Å². The van der Waals surface area contributed by atoms with Gasteiger partial charge in [-0.2, -0.15) is 0 Å². The number of fused-ring (bicyclic) bond motifs is 2. The van der Waals surface area contributed by atoms with Gasteiger partial charge in [0.2, 0.25) is 0 Å². The Labute approximate surface area is 133 Å². The fraction of sp³-hybridized carbons (Fsp3) is 0.632. The standard InChI is InChI=1S/C19H26N2O/c1-13-5-2-3-8-18(13)19(22)20-14-11-16-6-4-7-17(12-14)21(16)15-9-10-15/h2-3,5,8,14-17H,4,6-7,9-12H2,1H3,(H,20,22)/t14?,16-,17+. The summed E-state index contributed by atoms with van der Waals surface area (Å²) in [6.45, 7) is 2.01. The van der Waals surface area contributed by atoms with Crippen molar-refractivity contribution in [2.24, 2.45) is 0 Å². The topological polar surface area (TPSA) is 32.3 Å². The SMILES string of the molecule is Cc1ccccc1C(=O)NC1C[C@H]2CCC[C@@H](C1)N2C1CC1. The lowest BCUT2D eigenvalue weighted by Crippen LogP contribution is -2.57. The number of carbonyl (C=O) groups is 1.